The Morgan fingerprint density at radius 1 is 0.733 bits per heavy atom. The van der Waals surface area contributed by atoms with Gasteiger partial charge in [0.1, 0.15) is 6.10 Å². The number of hydrogen-bond acceptors (Lipinski definition) is 7. The summed E-state index contributed by atoms with van der Waals surface area (Å²) in [7, 11) is 0. The van der Waals surface area contributed by atoms with Crippen LogP contribution in [0.25, 0.3) is 0 Å². The molecule has 45 heavy (non-hydrogen) atoms. The zero-order chi connectivity index (χ0) is 30.8. The van der Waals surface area contributed by atoms with E-state index in [0.717, 1.165) is 38.3 Å². The molecule has 0 saturated carbocycles. The molecule has 0 N–H and O–H groups in total. The summed E-state index contributed by atoms with van der Waals surface area (Å²) in [5.74, 6) is 1.08. The van der Waals surface area contributed by atoms with Gasteiger partial charge in [0.15, 0.2) is 5.13 Å². The Labute approximate surface area is 273 Å². The predicted octanol–water partition coefficient (Wildman–Crippen LogP) is 7.55. The summed E-state index contributed by atoms with van der Waals surface area (Å²) in [5, 5.41) is 1.17. The lowest BCUT2D eigenvalue weighted by Crippen LogP contribution is -2.59. The summed E-state index contributed by atoms with van der Waals surface area (Å²) in [4.78, 5) is 11.2. The SMILES string of the molecule is CC(C)c1cnc(N2CCC[C@H](CN3C[C@@H](OCc4ccccc4)C(OCc4ccccc4)[C@H](OCc4ccccc4)C3)C2)s1. The number of rotatable bonds is 13. The van der Waals surface area contributed by atoms with E-state index in [1.807, 2.05) is 29.5 Å². The van der Waals surface area contributed by atoms with Gasteiger partial charge in [-0.3, -0.25) is 4.90 Å². The molecule has 4 aromatic rings. The minimum Gasteiger partial charge on any atom is -0.369 e. The molecule has 0 unspecified atom stereocenters. The largest absolute Gasteiger partial charge is 0.369 e. The Bertz CT molecular complexity index is 1360. The predicted molar refractivity (Wildman–Crippen MR) is 183 cm³/mol. The van der Waals surface area contributed by atoms with Crippen molar-refractivity contribution < 1.29 is 14.2 Å². The third-order valence-corrected chi connectivity index (χ3v) is 10.3. The van der Waals surface area contributed by atoms with Crippen molar-refractivity contribution in [3.05, 3.63) is 119 Å². The molecule has 6 nitrogen and oxygen atoms in total. The molecule has 1 aromatic heterocycles. The molecule has 6 rings (SSSR count). The molecule has 0 spiro atoms. The van der Waals surface area contributed by atoms with Gasteiger partial charge in [0, 0.05) is 43.8 Å². The zero-order valence-corrected chi connectivity index (χ0v) is 27.5. The zero-order valence-electron chi connectivity index (χ0n) is 26.7. The van der Waals surface area contributed by atoms with Crippen LogP contribution < -0.4 is 4.90 Å². The maximum Gasteiger partial charge on any atom is 0.185 e. The summed E-state index contributed by atoms with van der Waals surface area (Å²) in [5.41, 5.74) is 3.50. The Morgan fingerprint density at radius 3 is 1.78 bits per heavy atom. The van der Waals surface area contributed by atoms with Crippen LogP contribution in [0.3, 0.4) is 0 Å². The van der Waals surface area contributed by atoms with E-state index in [0.29, 0.717) is 31.7 Å². The number of benzene rings is 3. The van der Waals surface area contributed by atoms with Crippen LogP contribution in [0.1, 0.15) is 54.2 Å². The average molecular weight is 626 g/mol. The highest BCUT2D eigenvalue weighted by Gasteiger charge is 2.40. The first-order chi connectivity index (χ1) is 22.1. The molecule has 0 radical (unpaired) electrons. The minimum atomic E-state index is -0.179. The maximum atomic E-state index is 6.72. The van der Waals surface area contributed by atoms with E-state index in [2.05, 4.69) is 103 Å². The van der Waals surface area contributed by atoms with Gasteiger partial charge < -0.3 is 19.1 Å². The normalized spacial score (nSPS) is 21.4. The molecule has 0 aliphatic carbocycles. The topological polar surface area (TPSA) is 47.1 Å². The number of hydrogen-bond donors (Lipinski definition) is 0. The van der Waals surface area contributed by atoms with Gasteiger partial charge in [0.05, 0.1) is 32.0 Å². The van der Waals surface area contributed by atoms with Crippen molar-refractivity contribution in [3.8, 4) is 0 Å². The highest BCUT2D eigenvalue weighted by atomic mass is 32.1. The van der Waals surface area contributed by atoms with Gasteiger partial charge in [-0.1, -0.05) is 105 Å². The second-order valence-electron chi connectivity index (χ2n) is 12.8. The molecule has 3 aromatic carbocycles. The van der Waals surface area contributed by atoms with Crippen molar-refractivity contribution in [2.45, 2.75) is 70.7 Å². The Kier molecular flexibility index (Phi) is 11.3. The van der Waals surface area contributed by atoms with Crippen molar-refractivity contribution in [1.29, 1.82) is 0 Å². The molecule has 238 valence electrons. The number of likely N-dealkylation sites (tertiary alicyclic amines) is 1. The molecule has 2 saturated heterocycles. The quantitative estimate of drug-likeness (QED) is 0.153. The van der Waals surface area contributed by atoms with Crippen molar-refractivity contribution in [2.24, 2.45) is 5.92 Å². The van der Waals surface area contributed by atoms with E-state index >= 15 is 0 Å². The Morgan fingerprint density at radius 2 is 1.27 bits per heavy atom. The maximum absolute atomic E-state index is 6.72. The van der Waals surface area contributed by atoms with E-state index in [1.54, 1.807) is 0 Å². The number of piperidine rings is 2. The molecule has 2 fully saturated rings. The van der Waals surface area contributed by atoms with Gasteiger partial charge in [-0.15, -0.1) is 11.3 Å². The van der Waals surface area contributed by atoms with Gasteiger partial charge in [-0.05, 0) is 41.4 Å². The molecule has 3 atom stereocenters. The lowest BCUT2D eigenvalue weighted by atomic mass is 9.94. The Hall–Kier alpha value is -3.07. The van der Waals surface area contributed by atoms with Gasteiger partial charge in [-0.25, -0.2) is 4.98 Å². The van der Waals surface area contributed by atoms with Crippen LogP contribution in [-0.2, 0) is 34.0 Å². The van der Waals surface area contributed by atoms with Crippen LogP contribution in [0, 0.1) is 5.92 Å². The van der Waals surface area contributed by atoms with Crippen molar-refractivity contribution in [3.63, 3.8) is 0 Å². The summed E-state index contributed by atoms with van der Waals surface area (Å²) < 4.78 is 20.2. The van der Waals surface area contributed by atoms with E-state index in [9.17, 15) is 0 Å². The highest BCUT2D eigenvalue weighted by molar-refractivity contribution is 7.15. The molecule has 0 amide bonds. The van der Waals surface area contributed by atoms with Crippen LogP contribution in [0.2, 0.25) is 0 Å². The molecule has 2 aliphatic heterocycles. The van der Waals surface area contributed by atoms with Crippen LogP contribution in [-0.4, -0.2) is 60.9 Å². The van der Waals surface area contributed by atoms with E-state index in [4.69, 9.17) is 19.2 Å². The van der Waals surface area contributed by atoms with E-state index in [-0.39, 0.29) is 18.3 Å². The van der Waals surface area contributed by atoms with Crippen molar-refractivity contribution in [1.82, 2.24) is 9.88 Å². The van der Waals surface area contributed by atoms with Gasteiger partial charge in [-0.2, -0.15) is 0 Å². The molecule has 0 bridgehead atoms. The van der Waals surface area contributed by atoms with Gasteiger partial charge >= 0.3 is 0 Å². The molecular formula is C38H47N3O3S. The summed E-state index contributed by atoms with van der Waals surface area (Å²) in [6.45, 7) is 10.9. The standard InChI is InChI=1S/C38H47N3O3S/c1-29(2)36-21-39-38(45-36)41-20-12-19-33(23-41)22-40-24-34(42-26-30-13-6-3-7-14-30)37(44-28-32-17-10-5-11-18-32)35(25-40)43-27-31-15-8-4-9-16-31/h3-11,13-18,21,29,33-35,37H,12,19-20,22-28H2,1-2H3/t33-,34-,35-/m1/s1. The Balaban J connectivity index is 1.18. The van der Waals surface area contributed by atoms with Crippen LogP contribution in [0.5, 0.6) is 0 Å². The third-order valence-electron chi connectivity index (χ3n) is 8.89. The van der Waals surface area contributed by atoms with Crippen molar-refractivity contribution >= 4 is 16.5 Å². The highest BCUT2D eigenvalue weighted by Crippen LogP contribution is 2.32. The van der Waals surface area contributed by atoms with Crippen LogP contribution in [0.15, 0.2) is 97.2 Å². The number of thiazole rings is 1. The molecule has 3 heterocycles. The smallest absolute Gasteiger partial charge is 0.185 e. The first kappa shape index (κ1) is 31.9. The fraction of sp³-hybridized carbons (Fsp3) is 0.447. The number of aromatic nitrogens is 1. The van der Waals surface area contributed by atoms with Crippen molar-refractivity contribution in [2.75, 3.05) is 37.6 Å². The molecule has 7 heteroatoms. The van der Waals surface area contributed by atoms with Crippen LogP contribution >= 0.6 is 11.3 Å². The monoisotopic (exact) mass is 625 g/mol. The van der Waals surface area contributed by atoms with E-state index < -0.39 is 0 Å². The van der Waals surface area contributed by atoms with E-state index in [1.165, 1.54) is 34.0 Å². The summed E-state index contributed by atoms with van der Waals surface area (Å²) in [6, 6.07) is 31.3. The first-order valence-electron chi connectivity index (χ1n) is 16.5. The first-order valence-corrected chi connectivity index (χ1v) is 17.3. The van der Waals surface area contributed by atoms with Crippen LogP contribution in [0.4, 0.5) is 5.13 Å². The second-order valence-corrected chi connectivity index (χ2v) is 13.8. The third kappa shape index (κ3) is 9.02. The number of nitrogens with zero attached hydrogens (tertiary/aromatic N) is 3. The fourth-order valence-electron chi connectivity index (χ4n) is 6.45. The minimum absolute atomic E-state index is 0.115. The number of ether oxygens (including phenoxy) is 3. The van der Waals surface area contributed by atoms with Gasteiger partial charge in [0.2, 0.25) is 0 Å². The average Bonchev–Trinajstić information content (AvgIpc) is 3.59. The fourth-order valence-corrected chi connectivity index (χ4v) is 7.41. The van der Waals surface area contributed by atoms with Gasteiger partial charge in [0.25, 0.3) is 0 Å². The summed E-state index contributed by atoms with van der Waals surface area (Å²) in [6.07, 6.45) is 4.08. The number of anilines is 1. The lowest BCUT2D eigenvalue weighted by molar-refractivity contribution is -0.185. The molecule has 2 aliphatic rings. The summed E-state index contributed by atoms with van der Waals surface area (Å²) >= 11 is 1.85. The molecular weight excluding hydrogens is 579 g/mol. The second kappa shape index (κ2) is 16.0. The lowest BCUT2D eigenvalue weighted by Gasteiger charge is -2.45.